The minimum absolute atomic E-state index is 0.0231. The average molecular weight is 326 g/mol. The summed E-state index contributed by atoms with van der Waals surface area (Å²) >= 11 is 0. The lowest BCUT2D eigenvalue weighted by atomic mass is 9.94. The highest BCUT2D eigenvalue weighted by atomic mass is 16.3. The first-order chi connectivity index (χ1) is 11.7. The Morgan fingerprint density at radius 3 is 2.46 bits per heavy atom. The van der Waals surface area contributed by atoms with E-state index < -0.39 is 0 Å². The van der Waals surface area contributed by atoms with E-state index in [1.54, 1.807) is 11.0 Å². The van der Waals surface area contributed by atoms with Crippen LogP contribution in [0.15, 0.2) is 53.3 Å². The third kappa shape index (κ3) is 3.35. The molecule has 3 rings (SSSR count). The van der Waals surface area contributed by atoms with Gasteiger partial charge in [-0.25, -0.2) is 0 Å². The first kappa shape index (κ1) is 16.3. The maximum Gasteiger partial charge on any atom is 0.257 e. The Morgan fingerprint density at radius 2 is 1.88 bits per heavy atom. The third-order valence-electron chi connectivity index (χ3n) is 4.55. The number of furan rings is 1. The van der Waals surface area contributed by atoms with Gasteiger partial charge in [-0.3, -0.25) is 9.59 Å². The molecular formula is C19H22N2O3. The normalized spacial score (nSPS) is 15.3. The van der Waals surface area contributed by atoms with Crippen molar-refractivity contribution in [3.05, 3.63) is 54.5 Å². The molecule has 2 aromatic rings. The summed E-state index contributed by atoms with van der Waals surface area (Å²) in [6, 6.07) is 11.4. The molecule has 0 atom stereocenters. The molecule has 0 spiro atoms. The van der Waals surface area contributed by atoms with Gasteiger partial charge < -0.3 is 14.2 Å². The Labute approximate surface area is 141 Å². The Hall–Kier alpha value is -2.56. The lowest BCUT2D eigenvalue weighted by molar-refractivity contribution is -0.123. The summed E-state index contributed by atoms with van der Waals surface area (Å²) in [5.41, 5.74) is 1.50. The van der Waals surface area contributed by atoms with Crippen LogP contribution in [0.2, 0.25) is 0 Å². The van der Waals surface area contributed by atoms with Crippen molar-refractivity contribution in [3.63, 3.8) is 0 Å². The second-order valence-corrected chi connectivity index (χ2v) is 6.00. The van der Waals surface area contributed by atoms with Gasteiger partial charge in [-0.05, 0) is 38.0 Å². The second kappa shape index (κ2) is 7.34. The molecule has 0 unspecified atom stereocenters. The summed E-state index contributed by atoms with van der Waals surface area (Å²) in [7, 11) is 0. The zero-order chi connectivity index (χ0) is 16.9. The van der Waals surface area contributed by atoms with E-state index in [0.29, 0.717) is 38.0 Å². The Bertz CT molecular complexity index is 674. The molecule has 1 aromatic carbocycles. The van der Waals surface area contributed by atoms with E-state index in [1.165, 1.54) is 12.5 Å². The van der Waals surface area contributed by atoms with Crippen molar-refractivity contribution in [1.29, 1.82) is 0 Å². The van der Waals surface area contributed by atoms with E-state index in [0.717, 1.165) is 5.69 Å². The van der Waals surface area contributed by atoms with Crippen molar-refractivity contribution >= 4 is 17.5 Å². The standard InChI is InChI=1S/C19H22N2O3/c1-2-21(17-6-4-3-5-7-17)19(23)15-8-11-20(12-9-15)18(22)16-10-13-24-14-16/h3-7,10,13-15H,2,8-9,11-12H2,1H3. The number of amides is 2. The number of para-hydroxylation sites is 1. The highest BCUT2D eigenvalue weighted by Crippen LogP contribution is 2.24. The summed E-state index contributed by atoms with van der Waals surface area (Å²) in [5, 5.41) is 0. The van der Waals surface area contributed by atoms with Gasteiger partial charge >= 0.3 is 0 Å². The van der Waals surface area contributed by atoms with Crippen LogP contribution in [0.5, 0.6) is 0 Å². The number of hydrogen-bond donors (Lipinski definition) is 0. The fourth-order valence-corrected chi connectivity index (χ4v) is 3.19. The molecular weight excluding hydrogens is 304 g/mol. The fraction of sp³-hybridized carbons (Fsp3) is 0.368. The van der Waals surface area contributed by atoms with E-state index in [2.05, 4.69) is 0 Å². The molecule has 0 bridgehead atoms. The van der Waals surface area contributed by atoms with Gasteiger partial charge in [-0.15, -0.1) is 0 Å². The largest absolute Gasteiger partial charge is 0.472 e. The SMILES string of the molecule is CCN(C(=O)C1CCN(C(=O)c2ccoc2)CC1)c1ccccc1. The molecule has 1 aliphatic heterocycles. The van der Waals surface area contributed by atoms with Crippen LogP contribution in [0.4, 0.5) is 5.69 Å². The quantitative estimate of drug-likeness (QED) is 0.867. The Kier molecular flexibility index (Phi) is 4.99. The van der Waals surface area contributed by atoms with E-state index in [4.69, 9.17) is 4.42 Å². The zero-order valence-electron chi connectivity index (χ0n) is 13.9. The summed E-state index contributed by atoms with van der Waals surface area (Å²) in [6.45, 7) is 3.85. The highest BCUT2D eigenvalue weighted by molar-refractivity contribution is 5.96. The maximum absolute atomic E-state index is 12.8. The molecule has 0 radical (unpaired) electrons. The lowest BCUT2D eigenvalue weighted by Gasteiger charge is -2.34. The van der Waals surface area contributed by atoms with Crippen LogP contribution in [-0.4, -0.2) is 36.3 Å². The molecule has 1 aliphatic rings. The number of rotatable bonds is 4. The topological polar surface area (TPSA) is 53.8 Å². The van der Waals surface area contributed by atoms with Gasteiger partial charge in [0, 0.05) is 31.2 Å². The first-order valence-electron chi connectivity index (χ1n) is 8.38. The predicted octanol–water partition coefficient (Wildman–Crippen LogP) is 3.18. The van der Waals surface area contributed by atoms with Crippen LogP contribution < -0.4 is 4.90 Å². The summed E-state index contributed by atoms with van der Waals surface area (Å²) < 4.78 is 4.97. The second-order valence-electron chi connectivity index (χ2n) is 6.00. The number of anilines is 1. The predicted molar refractivity (Wildman–Crippen MR) is 91.8 cm³/mol. The van der Waals surface area contributed by atoms with Gasteiger partial charge in [0.1, 0.15) is 6.26 Å². The van der Waals surface area contributed by atoms with Crippen molar-refractivity contribution < 1.29 is 14.0 Å². The minimum Gasteiger partial charge on any atom is -0.472 e. The molecule has 0 saturated carbocycles. The van der Waals surface area contributed by atoms with E-state index >= 15 is 0 Å². The van der Waals surface area contributed by atoms with Crippen LogP contribution in [0.25, 0.3) is 0 Å². The van der Waals surface area contributed by atoms with Crippen LogP contribution in [0.3, 0.4) is 0 Å². The summed E-state index contributed by atoms with van der Waals surface area (Å²) in [6.07, 6.45) is 4.37. The molecule has 1 aromatic heterocycles. The number of piperidine rings is 1. The minimum atomic E-state index is -0.0291. The van der Waals surface area contributed by atoms with Crippen molar-refractivity contribution in [2.75, 3.05) is 24.5 Å². The van der Waals surface area contributed by atoms with Gasteiger partial charge in [0.15, 0.2) is 0 Å². The Balaban J connectivity index is 1.61. The molecule has 5 heteroatoms. The number of carbonyl (C=O) groups is 2. The summed E-state index contributed by atoms with van der Waals surface area (Å²) in [5.74, 6) is 0.0997. The molecule has 0 aliphatic carbocycles. The maximum atomic E-state index is 12.8. The molecule has 2 amide bonds. The van der Waals surface area contributed by atoms with Crippen molar-refractivity contribution in [2.45, 2.75) is 19.8 Å². The molecule has 1 saturated heterocycles. The number of benzene rings is 1. The molecule has 5 nitrogen and oxygen atoms in total. The van der Waals surface area contributed by atoms with E-state index in [1.807, 2.05) is 42.2 Å². The van der Waals surface area contributed by atoms with Crippen molar-refractivity contribution in [3.8, 4) is 0 Å². The summed E-state index contributed by atoms with van der Waals surface area (Å²) in [4.78, 5) is 28.8. The number of nitrogens with zero attached hydrogens (tertiary/aromatic N) is 2. The average Bonchev–Trinajstić information content (AvgIpc) is 3.17. The highest BCUT2D eigenvalue weighted by Gasteiger charge is 2.30. The number of hydrogen-bond acceptors (Lipinski definition) is 3. The third-order valence-corrected chi connectivity index (χ3v) is 4.55. The van der Waals surface area contributed by atoms with Crippen molar-refractivity contribution in [1.82, 2.24) is 4.90 Å². The van der Waals surface area contributed by atoms with Gasteiger partial charge in [0.05, 0.1) is 11.8 Å². The van der Waals surface area contributed by atoms with Crippen LogP contribution in [-0.2, 0) is 4.79 Å². The van der Waals surface area contributed by atoms with Gasteiger partial charge in [-0.2, -0.15) is 0 Å². The van der Waals surface area contributed by atoms with Gasteiger partial charge in [0.25, 0.3) is 5.91 Å². The van der Waals surface area contributed by atoms with Crippen LogP contribution >= 0.6 is 0 Å². The van der Waals surface area contributed by atoms with Crippen LogP contribution in [0, 0.1) is 5.92 Å². The number of likely N-dealkylation sites (tertiary alicyclic amines) is 1. The zero-order valence-corrected chi connectivity index (χ0v) is 13.9. The molecule has 126 valence electrons. The molecule has 24 heavy (non-hydrogen) atoms. The number of carbonyl (C=O) groups excluding carboxylic acids is 2. The lowest BCUT2D eigenvalue weighted by Crippen LogP contribution is -2.44. The van der Waals surface area contributed by atoms with Gasteiger partial charge in [0.2, 0.25) is 5.91 Å². The van der Waals surface area contributed by atoms with Gasteiger partial charge in [-0.1, -0.05) is 18.2 Å². The smallest absolute Gasteiger partial charge is 0.257 e. The monoisotopic (exact) mass is 326 g/mol. The van der Waals surface area contributed by atoms with E-state index in [-0.39, 0.29) is 17.7 Å². The molecule has 2 heterocycles. The fourth-order valence-electron chi connectivity index (χ4n) is 3.19. The van der Waals surface area contributed by atoms with Crippen molar-refractivity contribution in [2.24, 2.45) is 5.92 Å². The first-order valence-corrected chi connectivity index (χ1v) is 8.38. The van der Waals surface area contributed by atoms with E-state index in [9.17, 15) is 9.59 Å². The van der Waals surface area contributed by atoms with Crippen LogP contribution in [0.1, 0.15) is 30.1 Å². The Morgan fingerprint density at radius 1 is 1.17 bits per heavy atom. The molecule has 1 fully saturated rings. The molecule has 0 N–H and O–H groups in total.